The van der Waals surface area contributed by atoms with Gasteiger partial charge in [-0.3, -0.25) is 13.9 Å². The topological polar surface area (TPSA) is 81.7 Å². The van der Waals surface area contributed by atoms with Crippen molar-refractivity contribution in [3.8, 4) is 5.75 Å². The lowest BCUT2D eigenvalue weighted by atomic mass is 9.70. The van der Waals surface area contributed by atoms with Crippen LogP contribution in [0.25, 0.3) is 0 Å². The van der Waals surface area contributed by atoms with E-state index in [1.807, 2.05) is 14.1 Å². The van der Waals surface area contributed by atoms with Crippen molar-refractivity contribution in [2.45, 2.75) is 56.9 Å². The van der Waals surface area contributed by atoms with E-state index >= 15 is 0 Å². The molecule has 0 aliphatic heterocycles. The fourth-order valence-corrected chi connectivity index (χ4v) is 4.56. The maximum atomic E-state index is 12.3. The lowest BCUT2D eigenvalue weighted by Gasteiger charge is -2.42. The van der Waals surface area contributed by atoms with Crippen molar-refractivity contribution in [3.05, 3.63) is 37.6 Å². The highest BCUT2D eigenvalue weighted by Gasteiger charge is 2.37. The van der Waals surface area contributed by atoms with Gasteiger partial charge in [-0.15, -0.1) is 0 Å². The molecule has 0 radical (unpaired) electrons. The van der Waals surface area contributed by atoms with E-state index in [0.717, 1.165) is 25.7 Å². The Bertz CT molecular complexity index is 986. The van der Waals surface area contributed by atoms with Gasteiger partial charge in [0.15, 0.2) is 5.75 Å². The molecule has 2 aromatic carbocycles. The Balaban J connectivity index is 1.85. The molecule has 3 N–H and O–H groups in total. The van der Waals surface area contributed by atoms with Crippen LogP contribution in [0.15, 0.2) is 26.6 Å². The minimum absolute atomic E-state index is 0.0548. The second-order valence-electron chi connectivity index (χ2n) is 9.06. The molecule has 0 unspecified atom stereocenters. The first-order chi connectivity index (χ1) is 13.4. The van der Waals surface area contributed by atoms with E-state index in [1.165, 1.54) is 11.9 Å². The molecule has 0 aromatic heterocycles. The molecule has 0 amide bonds. The van der Waals surface area contributed by atoms with Crippen molar-refractivity contribution in [3.63, 3.8) is 0 Å². The van der Waals surface area contributed by atoms with E-state index in [4.69, 9.17) is 11.6 Å². The van der Waals surface area contributed by atoms with E-state index < -0.39 is 10.9 Å². The Morgan fingerprint density at radius 1 is 1.03 bits per heavy atom. The van der Waals surface area contributed by atoms with Crippen LogP contribution in [0.1, 0.15) is 46.5 Å². The van der Waals surface area contributed by atoms with Gasteiger partial charge in [0.05, 0.1) is 15.6 Å². The highest BCUT2D eigenvalue weighted by atomic mass is 35.5. The SMILES string of the molecule is CN(C)Sc1c(Cl)ccc(Nc2c(NC3(C)CCC(C)(C)CC3)c(=O)c2=O)c1O. The molecule has 8 heteroatoms. The number of anilines is 3. The second-order valence-corrected chi connectivity index (χ2v) is 10.8. The van der Waals surface area contributed by atoms with Crippen molar-refractivity contribution >= 4 is 40.6 Å². The van der Waals surface area contributed by atoms with Crippen LogP contribution in [0.5, 0.6) is 5.75 Å². The van der Waals surface area contributed by atoms with Crippen molar-refractivity contribution in [1.82, 2.24) is 4.31 Å². The van der Waals surface area contributed by atoms with Crippen LogP contribution in [-0.4, -0.2) is 29.0 Å². The third kappa shape index (κ3) is 4.57. The molecule has 0 atom stereocenters. The van der Waals surface area contributed by atoms with Gasteiger partial charge < -0.3 is 15.7 Å². The summed E-state index contributed by atoms with van der Waals surface area (Å²) in [5.74, 6) is -0.0548. The van der Waals surface area contributed by atoms with Crippen LogP contribution >= 0.6 is 23.5 Å². The largest absolute Gasteiger partial charge is 0.505 e. The van der Waals surface area contributed by atoms with Gasteiger partial charge in [-0.1, -0.05) is 25.4 Å². The Morgan fingerprint density at radius 3 is 2.21 bits per heavy atom. The van der Waals surface area contributed by atoms with Crippen molar-refractivity contribution < 1.29 is 5.11 Å². The van der Waals surface area contributed by atoms with Gasteiger partial charge in [-0.05, 0) is 76.2 Å². The van der Waals surface area contributed by atoms with Crippen molar-refractivity contribution in [1.29, 1.82) is 0 Å². The molecule has 1 saturated carbocycles. The monoisotopic (exact) mass is 437 g/mol. The first kappa shape index (κ1) is 22.0. The number of nitrogens with one attached hydrogen (secondary N) is 2. The predicted molar refractivity (Wildman–Crippen MR) is 122 cm³/mol. The summed E-state index contributed by atoms with van der Waals surface area (Å²) in [6.07, 6.45) is 3.96. The van der Waals surface area contributed by atoms with Crippen LogP contribution in [-0.2, 0) is 0 Å². The van der Waals surface area contributed by atoms with Crippen LogP contribution in [0, 0.1) is 5.41 Å². The van der Waals surface area contributed by atoms with Crippen LogP contribution in [0.2, 0.25) is 5.02 Å². The maximum absolute atomic E-state index is 12.3. The summed E-state index contributed by atoms with van der Waals surface area (Å²) in [5.41, 5.74) is -0.205. The van der Waals surface area contributed by atoms with Crippen LogP contribution in [0.3, 0.4) is 0 Å². The number of hydrogen-bond donors (Lipinski definition) is 3. The summed E-state index contributed by atoms with van der Waals surface area (Å²) in [6, 6.07) is 3.25. The Morgan fingerprint density at radius 2 is 1.62 bits per heavy atom. The number of rotatable bonds is 6. The van der Waals surface area contributed by atoms with Gasteiger partial charge in [0, 0.05) is 5.54 Å². The zero-order valence-electron chi connectivity index (χ0n) is 17.5. The van der Waals surface area contributed by atoms with E-state index in [-0.39, 0.29) is 17.0 Å². The standard InChI is InChI=1S/C21H28ClN3O3S/c1-20(2)8-10-21(3,11-9-20)24-15-14(17(27)18(15)28)23-13-7-6-12(22)19(16(13)26)29-25(4)5/h6-7,23-24,26H,8-11H2,1-5H3. The smallest absolute Gasteiger partial charge is 0.253 e. The fraction of sp³-hybridized carbons (Fsp3) is 0.524. The fourth-order valence-electron chi connectivity index (χ4n) is 3.59. The first-order valence-corrected chi connectivity index (χ1v) is 10.8. The highest BCUT2D eigenvalue weighted by Crippen LogP contribution is 2.44. The summed E-state index contributed by atoms with van der Waals surface area (Å²) in [6.45, 7) is 6.60. The average Bonchev–Trinajstić information content (AvgIpc) is 2.65. The molecule has 1 aliphatic carbocycles. The number of phenolic OH excluding ortho intramolecular Hbond substituents is 1. The number of benzene rings is 1. The molecule has 6 nitrogen and oxygen atoms in total. The second kappa shape index (κ2) is 7.85. The lowest BCUT2D eigenvalue weighted by Crippen LogP contribution is -2.46. The van der Waals surface area contributed by atoms with Gasteiger partial charge in [-0.2, -0.15) is 0 Å². The average molecular weight is 438 g/mol. The summed E-state index contributed by atoms with van der Waals surface area (Å²) in [7, 11) is 3.68. The molecular weight excluding hydrogens is 410 g/mol. The predicted octanol–water partition coefficient (Wildman–Crippen LogP) is 4.72. The molecule has 158 valence electrons. The minimum atomic E-state index is -0.580. The Labute approximate surface area is 180 Å². The molecule has 29 heavy (non-hydrogen) atoms. The zero-order valence-corrected chi connectivity index (χ0v) is 19.1. The Hall–Kier alpha value is -1.70. The lowest BCUT2D eigenvalue weighted by molar-refractivity contribution is 0.188. The van der Waals surface area contributed by atoms with E-state index in [0.29, 0.717) is 26.7 Å². The summed E-state index contributed by atoms with van der Waals surface area (Å²) in [5, 5.41) is 17.3. The van der Waals surface area contributed by atoms with Crippen LogP contribution in [0.4, 0.5) is 17.1 Å². The number of halogens is 1. The maximum Gasteiger partial charge on any atom is 0.253 e. The highest BCUT2D eigenvalue weighted by molar-refractivity contribution is 7.97. The molecule has 2 aromatic rings. The van der Waals surface area contributed by atoms with Crippen molar-refractivity contribution in [2.75, 3.05) is 24.7 Å². The van der Waals surface area contributed by atoms with Gasteiger partial charge in [-0.25, -0.2) is 0 Å². The van der Waals surface area contributed by atoms with E-state index in [2.05, 4.69) is 31.4 Å². The summed E-state index contributed by atoms with van der Waals surface area (Å²) >= 11 is 7.48. The zero-order chi connectivity index (χ0) is 21.6. The van der Waals surface area contributed by atoms with E-state index in [1.54, 1.807) is 16.4 Å². The summed E-state index contributed by atoms with van der Waals surface area (Å²) < 4.78 is 1.81. The van der Waals surface area contributed by atoms with Gasteiger partial charge in [0.25, 0.3) is 10.9 Å². The molecular formula is C21H28ClN3O3S. The normalized spacial score (nSPS) is 18.2. The quantitative estimate of drug-likeness (QED) is 0.342. The molecule has 0 saturated heterocycles. The minimum Gasteiger partial charge on any atom is -0.505 e. The molecule has 0 heterocycles. The van der Waals surface area contributed by atoms with Gasteiger partial charge in [0.1, 0.15) is 11.4 Å². The first-order valence-electron chi connectivity index (χ1n) is 9.68. The third-order valence-corrected chi connectivity index (χ3v) is 7.05. The van der Waals surface area contributed by atoms with Crippen LogP contribution < -0.4 is 21.5 Å². The number of nitrogens with zero attached hydrogens (tertiary/aromatic N) is 1. The number of phenols is 1. The van der Waals surface area contributed by atoms with Gasteiger partial charge in [0.2, 0.25) is 0 Å². The molecule has 0 bridgehead atoms. The summed E-state index contributed by atoms with van der Waals surface area (Å²) in [4.78, 5) is 25.0. The van der Waals surface area contributed by atoms with E-state index in [9.17, 15) is 14.7 Å². The van der Waals surface area contributed by atoms with Crippen molar-refractivity contribution in [2.24, 2.45) is 5.41 Å². The molecule has 1 fully saturated rings. The third-order valence-electron chi connectivity index (χ3n) is 5.66. The van der Waals surface area contributed by atoms with Gasteiger partial charge >= 0.3 is 0 Å². The molecule has 3 rings (SSSR count). The Kier molecular flexibility index (Phi) is 5.96. The number of hydrogen-bond acceptors (Lipinski definition) is 7. The molecule has 0 spiro atoms. The molecule has 1 aliphatic rings. The number of aromatic hydroxyl groups is 1.